The minimum absolute atomic E-state index is 0.395. The number of aryl methyl sites for hydroxylation is 3. The Morgan fingerprint density at radius 2 is 1.84 bits per heavy atom. The molecule has 180 valence electrons. The lowest BCUT2D eigenvalue weighted by molar-refractivity contribution is 0.787. The third-order valence-corrected chi connectivity index (χ3v) is 8.89. The van der Waals surface area contributed by atoms with Gasteiger partial charge in [-0.3, -0.25) is 0 Å². The maximum Gasteiger partial charge on any atom is 0.116 e. The van der Waals surface area contributed by atoms with Crippen molar-refractivity contribution in [2.45, 2.75) is 39.5 Å². The van der Waals surface area contributed by atoms with Gasteiger partial charge >= 0.3 is 0 Å². The van der Waals surface area contributed by atoms with Gasteiger partial charge in [0.1, 0.15) is 18.0 Å². The summed E-state index contributed by atoms with van der Waals surface area (Å²) in [5, 5.41) is 4.60. The summed E-state index contributed by atoms with van der Waals surface area (Å²) in [6.45, 7) is 6.37. The van der Waals surface area contributed by atoms with Crippen molar-refractivity contribution in [2.75, 3.05) is 0 Å². The van der Waals surface area contributed by atoms with Crippen LogP contribution in [-0.4, -0.2) is 29.9 Å². The van der Waals surface area contributed by atoms with Gasteiger partial charge in [-0.15, -0.1) is 11.3 Å². The molecule has 0 aliphatic heterocycles. The van der Waals surface area contributed by atoms with Crippen LogP contribution in [0.5, 0.6) is 0 Å². The Morgan fingerprint density at radius 1 is 0.919 bits per heavy atom. The average Bonchev–Trinajstić information content (AvgIpc) is 3.64. The van der Waals surface area contributed by atoms with E-state index in [2.05, 4.69) is 70.2 Å². The molecule has 1 aliphatic rings. The summed E-state index contributed by atoms with van der Waals surface area (Å²) in [5.74, 6) is 2.37. The molecule has 0 atom stereocenters. The molecule has 0 amide bonds. The normalized spacial score (nSPS) is 13.3. The Morgan fingerprint density at radius 3 is 2.73 bits per heavy atom. The van der Waals surface area contributed by atoms with E-state index >= 15 is 0 Å². The molecule has 7 heteroatoms. The van der Waals surface area contributed by atoms with Crippen LogP contribution in [0.2, 0.25) is 0 Å². The number of fused-ring (bicyclic) bond motifs is 11. The highest BCUT2D eigenvalue weighted by molar-refractivity contribution is 7.22. The summed E-state index contributed by atoms with van der Waals surface area (Å²) < 4.78 is 1.37. The monoisotopic (exact) mass is 500 g/mol. The van der Waals surface area contributed by atoms with E-state index in [9.17, 15) is 0 Å². The van der Waals surface area contributed by atoms with Crippen molar-refractivity contribution < 1.29 is 0 Å². The Bertz CT molecular complexity index is 2040. The number of aromatic amines is 2. The summed E-state index contributed by atoms with van der Waals surface area (Å²) in [6, 6.07) is 13.5. The molecule has 0 unspecified atom stereocenters. The smallest absolute Gasteiger partial charge is 0.116 e. The second-order valence-corrected chi connectivity index (χ2v) is 11.4. The Hall–Kier alpha value is -4.10. The van der Waals surface area contributed by atoms with E-state index in [0.29, 0.717) is 5.92 Å². The van der Waals surface area contributed by atoms with Gasteiger partial charge < -0.3 is 9.97 Å². The number of rotatable bonds is 2. The molecule has 0 radical (unpaired) electrons. The van der Waals surface area contributed by atoms with Crippen LogP contribution < -0.4 is 0 Å². The van der Waals surface area contributed by atoms with Crippen LogP contribution in [-0.2, 0) is 12.8 Å². The zero-order chi connectivity index (χ0) is 24.8. The molecule has 0 spiro atoms. The Kier molecular flexibility index (Phi) is 4.24. The Balaban J connectivity index is 1.32. The molecule has 37 heavy (non-hydrogen) atoms. The minimum Gasteiger partial charge on any atom is -0.345 e. The number of nitrogens with one attached hydrogen (secondary N) is 2. The maximum absolute atomic E-state index is 4.98. The standard InChI is InChI=1S/C30H24N6S/c1-14(2)30-35-23-9-8-20-18(25(23)36-30)7-5-17-11-24(37-29(17)20)16-4-6-19-21(10-16)22-12-31-13-32-26(22)28-27(19)33-15(3)34-28/h4-7,10-14H,8-9H2,1-3H3,(H,33,34)(H,35,36). The quantitative estimate of drug-likeness (QED) is 0.241. The van der Waals surface area contributed by atoms with Crippen LogP contribution in [0.25, 0.3) is 64.5 Å². The van der Waals surface area contributed by atoms with E-state index in [1.807, 2.05) is 24.5 Å². The van der Waals surface area contributed by atoms with E-state index in [-0.39, 0.29) is 0 Å². The van der Waals surface area contributed by atoms with Crippen LogP contribution in [0.1, 0.15) is 42.7 Å². The first-order valence-electron chi connectivity index (χ1n) is 12.7. The van der Waals surface area contributed by atoms with Crippen molar-refractivity contribution in [3.05, 3.63) is 71.8 Å². The molecular weight excluding hydrogens is 476 g/mol. The number of hydrogen-bond acceptors (Lipinski definition) is 5. The van der Waals surface area contributed by atoms with Crippen LogP contribution in [0.4, 0.5) is 0 Å². The number of H-pyrrole nitrogens is 2. The van der Waals surface area contributed by atoms with Crippen LogP contribution in [0, 0.1) is 6.92 Å². The first kappa shape index (κ1) is 21.0. The van der Waals surface area contributed by atoms with E-state index in [1.165, 1.54) is 37.3 Å². The van der Waals surface area contributed by atoms with E-state index < -0.39 is 0 Å². The third kappa shape index (κ3) is 2.98. The van der Waals surface area contributed by atoms with Crippen LogP contribution in [0.3, 0.4) is 0 Å². The highest BCUT2D eigenvalue weighted by atomic mass is 32.1. The number of nitrogens with zero attached hydrogens (tertiary/aromatic N) is 4. The second kappa shape index (κ2) is 7.46. The summed E-state index contributed by atoms with van der Waals surface area (Å²) in [6.07, 6.45) is 5.57. The topological polar surface area (TPSA) is 83.1 Å². The predicted molar refractivity (Wildman–Crippen MR) is 151 cm³/mol. The SMILES string of the molecule is Cc1nc2c3ccc(-c4cc5ccc6c(c5s4)CCc4[nH]c(C(C)C)nc4-6)cc3c3cncnc3c2[nH]1. The maximum atomic E-state index is 4.98. The predicted octanol–water partition coefficient (Wildman–Crippen LogP) is 7.46. The molecule has 0 saturated heterocycles. The van der Waals surface area contributed by atoms with Gasteiger partial charge in [0, 0.05) is 43.7 Å². The largest absolute Gasteiger partial charge is 0.345 e. The van der Waals surface area contributed by atoms with E-state index in [0.717, 1.165) is 62.9 Å². The lowest BCUT2D eigenvalue weighted by Gasteiger charge is -2.15. The van der Waals surface area contributed by atoms with Gasteiger partial charge in [-0.25, -0.2) is 19.9 Å². The second-order valence-electron chi connectivity index (χ2n) is 10.3. The number of imidazole rings is 2. The number of aromatic nitrogens is 6. The van der Waals surface area contributed by atoms with Crippen LogP contribution >= 0.6 is 11.3 Å². The summed E-state index contributed by atoms with van der Waals surface area (Å²) in [5.41, 5.74) is 9.18. The fourth-order valence-corrected chi connectivity index (χ4v) is 7.07. The molecule has 0 saturated carbocycles. The van der Waals surface area contributed by atoms with Gasteiger partial charge in [0.2, 0.25) is 0 Å². The van der Waals surface area contributed by atoms with Crippen LogP contribution in [0.15, 0.2) is 48.9 Å². The number of hydrogen-bond donors (Lipinski definition) is 2. The number of thiophene rings is 1. The molecule has 2 N–H and O–H groups in total. The molecular formula is C30H24N6S. The molecule has 1 aliphatic carbocycles. The number of benzene rings is 3. The fourth-order valence-electron chi connectivity index (χ4n) is 5.84. The lowest BCUT2D eigenvalue weighted by atomic mass is 9.91. The highest BCUT2D eigenvalue weighted by Crippen LogP contribution is 2.43. The van der Waals surface area contributed by atoms with Gasteiger partial charge in [-0.2, -0.15) is 0 Å². The van der Waals surface area contributed by atoms with Crippen molar-refractivity contribution in [1.82, 2.24) is 29.9 Å². The van der Waals surface area contributed by atoms with E-state index in [4.69, 9.17) is 9.97 Å². The van der Waals surface area contributed by atoms with Crippen molar-refractivity contribution in [1.29, 1.82) is 0 Å². The zero-order valence-electron chi connectivity index (χ0n) is 20.8. The third-order valence-electron chi connectivity index (χ3n) is 7.63. The molecule has 0 fully saturated rings. The molecule has 8 rings (SSSR count). The summed E-state index contributed by atoms with van der Waals surface area (Å²) >= 11 is 1.88. The van der Waals surface area contributed by atoms with Gasteiger partial charge in [-0.1, -0.05) is 38.1 Å². The fraction of sp³-hybridized carbons (Fsp3) is 0.200. The first-order chi connectivity index (χ1) is 18.0. The van der Waals surface area contributed by atoms with Gasteiger partial charge in [0.05, 0.1) is 22.2 Å². The molecule has 4 aromatic heterocycles. The van der Waals surface area contributed by atoms with Crippen molar-refractivity contribution in [3.8, 4) is 21.7 Å². The molecule has 6 nitrogen and oxygen atoms in total. The highest BCUT2D eigenvalue weighted by Gasteiger charge is 2.24. The Labute approximate surface area is 216 Å². The van der Waals surface area contributed by atoms with Gasteiger partial charge in [-0.05, 0) is 53.8 Å². The zero-order valence-corrected chi connectivity index (χ0v) is 21.6. The van der Waals surface area contributed by atoms with Gasteiger partial charge in [0.15, 0.2) is 0 Å². The molecule has 4 heterocycles. The molecule has 0 bridgehead atoms. The molecule has 7 aromatic rings. The van der Waals surface area contributed by atoms with Crippen molar-refractivity contribution in [2.24, 2.45) is 0 Å². The average molecular weight is 501 g/mol. The van der Waals surface area contributed by atoms with Gasteiger partial charge in [0.25, 0.3) is 0 Å². The first-order valence-corrected chi connectivity index (χ1v) is 13.5. The lowest BCUT2D eigenvalue weighted by Crippen LogP contribution is -2.03. The summed E-state index contributed by atoms with van der Waals surface area (Å²) in [7, 11) is 0. The molecule has 3 aromatic carbocycles. The van der Waals surface area contributed by atoms with E-state index in [1.54, 1.807) is 6.33 Å². The minimum atomic E-state index is 0.395. The van der Waals surface area contributed by atoms with Crippen molar-refractivity contribution in [3.63, 3.8) is 0 Å². The van der Waals surface area contributed by atoms with Crippen molar-refractivity contribution >= 4 is 54.1 Å². The summed E-state index contributed by atoms with van der Waals surface area (Å²) in [4.78, 5) is 26.9.